The van der Waals surface area contributed by atoms with Crippen LogP contribution in [0.1, 0.15) is 24.0 Å². The Morgan fingerprint density at radius 3 is 2.89 bits per heavy atom. The molecule has 0 amide bonds. The number of aromatic nitrogens is 3. The van der Waals surface area contributed by atoms with Gasteiger partial charge >= 0.3 is 0 Å². The van der Waals surface area contributed by atoms with Gasteiger partial charge in [-0.1, -0.05) is 25.1 Å². The van der Waals surface area contributed by atoms with Gasteiger partial charge in [0.05, 0.1) is 35.3 Å². The highest BCUT2D eigenvalue weighted by atomic mass is 16.5. The molecule has 1 aliphatic rings. The molecule has 4 aromatic rings. The van der Waals surface area contributed by atoms with E-state index in [4.69, 9.17) is 16.2 Å². The zero-order chi connectivity index (χ0) is 18.7. The Morgan fingerprint density at radius 2 is 2.07 bits per heavy atom. The van der Waals surface area contributed by atoms with Crippen LogP contribution in [0.4, 0.5) is 11.8 Å². The molecule has 3 heterocycles. The number of hydrogen-bond donors (Lipinski definition) is 3. The summed E-state index contributed by atoms with van der Waals surface area (Å²) < 4.78 is 8.07. The molecule has 0 fully saturated rings. The summed E-state index contributed by atoms with van der Waals surface area (Å²) in [6.07, 6.45) is 1.96. The van der Waals surface area contributed by atoms with E-state index in [1.165, 1.54) is 0 Å². The smallest absolute Gasteiger partial charge is 0.222 e. The average Bonchev–Trinajstić information content (AvgIpc) is 3.22. The number of aliphatic hydroxyl groups excluding tert-OH is 1. The highest BCUT2D eigenvalue weighted by molar-refractivity contribution is 5.99. The maximum atomic E-state index is 9.79. The van der Waals surface area contributed by atoms with Crippen molar-refractivity contribution in [3.63, 3.8) is 0 Å². The SMILES string of the molecule is CC1COc2c1c(-n1cc(CO)c3ccccc31)cc1nc(N)nc(N)c21. The van der Waals surface area contributed by atoms with Crippen LogP contribution in [0.5, 0.6) is 5.75 Å². The first-order chi connectivity index (χ1) is 13.1. The summed E-state index contributed by atoms with van der Waals surface area (Å²) in [6, 6.07) is 9.97. The highest BCUT2D eigenvalue weighted by Crippen LogP contribution is 2.45. The molecule has 0 bridgehead atoms. The molecule has 0 spiro atoms. The predicted octanol–water partition coefficient (Wildman–Crippen LogP) is 2.73. The van der Waals surface area contributed by atoms with Gasteiger partial charge < -0.3 is 25.9 Å². The summed E-state index contributed by atoms with van der Waals surface area (Å²) in [4.78, 5) is 8.47. The summed E-state index contributed by atoms with van der Waals surface area (Å²) in [6.45, 7) is 2.66. The molecule has 7 heteroatoms. The molecule has 1 aliphatic heterocycles. The molecule has 1 unspecified atom stereocenters. The monoisotopic (exact) mass is 361 g/mol. The highest BCUT2D eigenvalue weighted by Gasteiger charge is 2.29. The van der Waals surface area contributed by atoms with E-state index in [1.54, 1.807) is 0 Å². The largest absolute Gasteiger partial charge is 0.492 e. The second kappa shape index (κ2) is 5.59. The molecule has 0 saturated carbocycles. The minimum Gasteiger partial charge on any atom is -0.492 e. The van der Waals surface area contributed by atoms with Crippen LogP contribution in [0.3, 0.4) is 0 Å². The van der Waals surface area contributed by atoms with Gasteiger partial charge in [0, 0.05) is 28.6 Å². The normalized spacial score (nSPS) is 16.0. The quantitative estimate of drug-likeness (QED) is 0.506. The maximum absolute atomic E-state index is 9.79. The number of ether oxygens (including phenoxy) is 1. The second-order valence-corrected chi connectivity index (χ2v) is 6.91. The summed E-state index contributed by atoms with van der Waals surface area (Å²) >= 11 is 0. The van der Waals surface area contributed by atoms with E-state index < -0.39 is 0 Å². The van der Waals surface area contributed by atoms with Crippen molar-refractivity contribution in [3.8, 4) is 11.4 Å². The van der Waals surface area contributed by atoms with Crippen LogP contribution in [-0.4, -0.2) is 26.2 Å². The Balaban J connectivity index is 1.91. The second-order valence-electron chi connectivity index (χ2n) is 6.91. The van der Waals surface area contributed by atoms with E-state index in [2.05, 4.69) is 21.5 Å². The number of benzene rings is 2. The van der Waals surface area contributed by atoms with E-state index in [1.807, 2.05) is 36.5 Å². The van der Waals surface area contributed by atoms with Crippen molar-refractivity contribution < 1.29 is 9.84 Å². The number of nitrogens with zero attached hydrogens (tertiary/aromatic N) is 3. The molecule has 5 rings (SSSR count). The van der Waals surface area contributed by atoms with Gasteiger partial charge in [0.1, 0.15) is 11.6 Å². The van der Waals surface area contributed by atoms with Crippen LogP contribution in [0.25, 0.3) is 27.5 Å². The minimum atomic E-state index is -0.0304. The molecule has 1 atom stereocenters. The van der Waals surface area contributed by atoms with Crippen LogP contribution in [0.2, 0.25) is 0 Å². The first-order valence-corrected chi connectivity index (χ1v) is 8.81. The van der Waals surface area contributed by atoms with Crippen molar-refractivity contribution in [1.82, 2.24) is 14.5 Å². The molecule has 2 aromatic carbocycles. The molecular weight excluding hydrogens is 342 g/mol. The Hall–Kier alpha value is -3.32. The lowest BCUT2D eigenvalue weighted by Gasteiger charge is -2.15. The van der Waals surface area contributed by atoms with Gasteiger partial charge in [-0.2, -0.15) is 4.98 Å². The average molecular weight is 361 g/mol. The topological polar surface area (TPSA) is 112 Å². The van der Waals surface area contributed by atoms with Crippen molar-refractivity contribution in [3.05, 3.63) is 47.7 Å². The number of rotatable bonds is 2. The molecule has 136 valence electrons. The van der Waals surface area contributed by atoms with Crippen molar-refractivity contribution in [2.75, 3.05) is 18.1 Å². The third kappa shape index (κ3) is 2.18. The van der Waals surface area contributed by atoms with E-state index in [-0.39, 0.29) is 18.5 Å². The number of anilines is 2. The molecule has 2 aromatic heterocycles. The summed E-state index contributed by atoms with van der Waals surface area (Å²) in [5, 5.41) is 11.5. The molecule has 0 radical (unpaired) electrons. The van der Waals surface area contributed by atoms with Crippen LogP contribution in [0, 0.1) is 0 Å². The van der Waals surface area contributed by atoms with E-state index in [9.17, 15) is 5.11 Å². The van der Waals surface area contributed by atoms with Gasteiger partial charge in [0.2, 0.25) is 5.95 Å². The third-order valence-corrected chi connectivity index (χ3v) is 5.20. The Morgan fingerprint density at radius 1 is 1.26 bits per heavy atom. The van der Waals surface area contributed by atoms with Crippen LogP contribution >= 0.6 is 0 Å². The third-order valence-electron chi connectivity index (χ3n) is 5.20. The predicted molar refractivity (Wildman–Crippen MR) is 105 cm³/mol. The van der Waals surface area contributed by atoms with Gasteiger partial charge in [-0.3, -0.25) is 0 Å². The molecule has 5 N–H and O–H groups in total. The Labute approximate surface area is 155 Å². The lowest BCUT2D eigenvalue weighted by atomic mass is 9.98. The zero-order valence-electron chi connectivity index (χ0n) is 14.8. The van der Waals surface area contributed by atoms with Crippen LogP contribution in [0.15, 0.2) is 36.5 Å². The lowest BCUT2D eigenvalue weighted by molar-refractivity contribution is 0.283. The minimum absolute atomic E-state index is 0.0304. The van der Waals surface area contributed by atoms with Crippen LogP contribution in [-0.2, 0) is 6.61 Å². The molecule has 27 heavy (non-hydrogen) atoms. The van der Waals surface area contributed by atoms with Crippen molar-refractivity contribution in [2.24, 2.45) is 0 Å². The molecule has 0 saturated heterocycles. The lowest BCUT2D eigenvalue weighted by Crippen LogP contribution is -2.04. The van der Waals surface area contributed by atoms with Crippen molar-refractivity contribution >= 4 is 33.6 Å². The van der Waals surface area contributed by atoms with Gasteiger partial charge in [0.15, 0.2) is 0 Å². The molecular formula is C20H19N5O2. The van der Waals surface area contributed by atoms with Gasteiger partial charge in [-0.25, -0.2) is 4.98 Å². The molecule has 7 nitrogen and oxygen atoms in total. The number of nitrogen functional groups attached to an aromatic ring is 2. The van der Waals surface area contributed by atoms with Gasteiger partial charge in [-0.15, -0.1) is 0 Å². The summed E-state index contributed by atoms with van der Waals surface area (Å²) in [5.41, 5.74) is 16.5. The number of nitrogens with two attached hydrogens (primary N) is 2. The van der Waals surface area contributed by atoms with E-state index >= 15 is 0 Å². The van der Waals surface area contributed by atoms with Crippen molar-refractivity contribution in [2.45, 2.75) is 19.4 Å². The number of fused-ring (bicyclic) bond motifs is 4. The Kier molecular flexibility index (Phi) is 3.29. The number of aliphatic hydroxyl groups is 1. The van der Waals surface area contributed by atoms with E-state index in [0.29, 0.717) is 23.3 Å². The van der Waals surface area contributed by atoms with Crippen molar-refractivity contribution in [1.29, 1.82) is 0 Å². The fraction of sp³-hybridized carbons (Fsp3) is 0.200. The first kappa shape index (κ1) is 15.9. The zero-order valence-corrected chi connectivity index (χ0v) is 14.8. The Bertz CT molecular complexity index is 1210. The fourth-order valence-corrected chi connectivity index (χ4v) is 4.00. The number of hydrogen-bond acceptors (Lipinski definition) is 6. The summed E-state index contributed by atoms with van der Waals surface area (Å²) in [7, 11) is 0. The van der Waals surface area contributed by atoms with Gasteiger partial charge in [0.25, 0.3) is 0 Å². The fourth-order valence-electron chi connectivity index (χ4n) is 4.00. The van der Waals surface area contributed by atoms with Crippen LogP contribution < -0.4 is 16.2 Å². The number of para-hydroxylation sites is 1. The summed E-state index contributed by atoms with van der Waals surface area (Å²) in [5.74, 6) is 1.36. The first-order valence-electron chi connectivity index (χ1n) is 8.81. The maximum Gasteiger partial charge on any atom is 0.222 e. The standard InChI is InChI=1S/C20H19N5O2/c1-10-9-27-18-16(10)15(6-13-17(18)19(21)24-20(22)23-13)25-7-11(8-26)12-4-2-3-5-14(12)25/h2-7,10,26H,8-9H2,1H3,(H4,21,22,23,24). The molecule has 0 aliphatic carbocycles. The van der Waals surface area contributed by atoms with Gasteiger partial charge in [-0.05, 0) is 12.1 Å². The van der Waals surface area contributed by atoms with E-state index in [0.717, 1.165) is 33.5 Å².